The molecular formula is C14H17BrN2O. The predicted molar refractivity (Wildman–Crippen MR) is 75.5 cm³/mol. The molecule has 0 spiro atoms. The number of benzene rings is 1. The van der Waals surface area contributed by atoms with E-state index in [-0.39, 0.29) is 6.61 Å². The molecule has 2 rings (SSSR count). The third kappa shape index (κ3) is 3.04. The van der Waals surface area contributed by atoms with Crippen LogP contribution in [-0.4, -0.2) is 24.3 Å². The van der Waals surface area contributed by atoms with Crippen LogP contribution in [0.1, 0.15) is 31.2 Å². The number of nitrogens with zero attached hydrogens (tertiary/aromatic N) is 2. The Bertz CT molecular complexity index is 450. The summed E-state index contributed by atoms with van der Waals surface area (Å²) in [6, 6.07) is 8.41. The second kappa shape index (κ2) is 6.21. The highest BCUT2D eigenvalue weighted by atomic mass is 79.9. The summed E-state index contributed by atoms with van der Waals surface area (Å²) in [5.74, 6) is 0. The van der Waals surface area contributed by atoms with E-state index in [4.69, 9.17) is 5.26 Å². The van der Waals surface area contributed by atoms with E-state index in [1.807, 2.05) is 18.2 Å². The summed E-state index contributed by atoms with van der Waals surface area (Å²) in [5, 5.41) is 18.3. The number of aliphatic hydroxyl groups excluding tert-OH is 1. The molecule has 4 heteroatoms. The summed E-state index contributed by atoms with van der Waals surface area (Å²) in [4.78, 5) is 2.23. The van der Waals surface area contributed by atoms with E-state index >= 15 is 0 Å². The van der Waals surface area contributed by atoms with Gasteiger partial charge in [-0.25, -0.2) is 0 Å². The molecule has 1 aromatic rings. The van der Waals surface area contributed by atoms with Gasteiger partial charge in [0.05, 0.1) is 18.2 Å². The van der Waals surface area contributed by atoms with Crippen molar-refractivity contribution in [3.05, 3.63) is 28.2 Å². The van der Waals surface area contributed by atoms with Crippen molar-refractivity contribution >= 4 is 21.6 Å². The SMILES string of the molecule is N#Cc1cc(Br)cc(N(CCO)C2CCCC2)c1. The maximum Gasteiger partial charge on any atom is 0.0992 e. The Labute approximate surface area is 116 Å². The molecule has 1 aromatic carbocycles. The molecule has 1 aliphatic rings. The Hall–Kier alpha value is -1.05. The van der Waals surface area contributed by atoms with Crippen LogP contribution < -0.4 is 4.90 Å². The first-order valence-electron chi connectivity index (χ1n) is 6.33. The van der Waals surface area contributed by atoms with Crippen LogP contribution >= 0.6 is 15.9 Å². The molecule has 0 unspecified atom stereocenters. The lowest BCUT2D eigenvalue weighted by Crippen LogP contribution is -2.35. The highest BCUT2D eigenvalue weighted by molar-refractivity contribution is 9.10. The van der Waals surface area contributed by atoms with Crippen LogP contribution in [0.25, 0.3) is 0 Å². The first-order chi connectivity index (χ1) is 8.74. The molecule has 1 fully saturated rings. The monoisotopic (exact) mass is 308 g/mol. The number of nitriles is 1. The molecule has 0 radical (unpaired) electrons. The molecule has 1 N–H and O–H groups in total. The van der Waals surface area contributed by atoms with Gasteiger partial charge in [-0.3, -0.25) is 0 Å². The maximum atomic E-state index is 9.24. The van der Waals surface area contributed by atoms with Crippen molar-refractivity contribution in [2.24, 2.45) is 0 Å². The minimum atomic E-state index is 0.144. The van der Waals surface area contributed by atoms with Crippen molar-refractivity contribution in [1.82, 2.24) is 0 Å². The third-order valence-electron chi connectivity index (χ3n) is 3.45. The van der Waals surface area contributed by atoms with E-state index in [1.165, 1.54) is 25.7 Å². The number of hydrogen-bond acceptors (Lipinski definition) is 3. The molecular weight excluding hydrogens is 292 g/mol. The van der Waals surface area contributed by atoms with Gasteiger partial charge in [0, 0.05) is 22.7 Å². The largest absolute Gasteiger partial charge is 0.395 e. The van der Waals surface area contributed by atoms with Crippen molar-refractivity contribution in [2.45, 2.75) is 31.7 Å². The molecule has 1 aliphatic carbocycles. The van der Waals surface area contributed by atoms with Gasteiger partial charge in [0.1, 0.15) is 0 Å². The van der Waals surface area contributed by atoms with Crippen LogP contribution in [0.3, 0.4) is 0 Å². The van der Waals surface area contributed by atoms with E-state index in [2.05, 4.69) is 26.9 Å². The van der Waals surface area contributed by atoms with Gasteiger partial charge in [0.15, 0.2) is 0 Å². The highest BCUT2D eigenvalue weighted by Crippen LogP contribution is 2.30. The summed E-state index contributed by atoms with van der Waals surface area (Å²) in [7, 11) is 0. The number of anilines is 1. The fraction of sp³-hybridized carbons (Fsp3) is 0.500. The van der Waals surface area contributed by atoms with Crippen molar-refractivity contribution in [1.29, 1.82) is 5.26 Å². The van der Waals surface area contributed by atoms with Crippen LogP contribution in [0.15, 0.2) is 22.7 Å². The molecule has 0 atom stereocenters. The third-order valence-corrected chi connectivity index (χ3v) is 3.91. The number of rotatable bonds is 4. The summed E-state index contributed by atoms with van der Waals surface area (Å²) in [6.45, 7) is 0.775. The van der Waals surface area contributed by atoms with E-state index in [0.29, 0.717) is 18.2 Å². The van der Waals surface area contributed by atoms with Crippen molar-refractivity contribution in [3.63, 3.8) is 0 Å². The zero-order chi connectivity index (χ0) is 13.0. The van der Waals surface area contributed by atoms with Crippen LogP contribution in [0.2, 0.25) is 0 Å². The van der Waals surface area contributed by atoms with E-state index in [9.17, 15) is 5.11 Å². The minimum absolute atomic E-state index is 0.144. The van der Waals surface area contributed by atoms with E-state index in [0.717, 1.165) is 10.2 Å². The van der Waals surface area contributed by atoms with Gasteiger partial charge in [-0.15, -0.1) is 0 Å². The van der Waals surface area contributed by atoms with Gasteiger partial charge in [0.2, 0.25) is 0 Å². The molecule has 0 amide bonds. The lowest BCUT2D eigenvalue weighted by atomic mass is 10.1. The average Bonchev–Trinajstić information content (AvgIpc) is 2.88. The zero-order valence-corrected chi connectivity index (χ0v) is 11.9. The summed E-state index contributed by atoms with van der Waals surface area (Å²) in [5.41, 5.74) is 1.68. The molecule has 96 valence electrons. The Morgan fingerprint density at radius 1 is 1.33 bits per heavy atom. The maximum absolute atomic E-state index is 9.24. The Morgan fingerprint density at radius 3 is 2.67 bits per heavy atom. The molecule has 1 saturated carbocycles. The van der Waals surface area contributed by atoms with Crippen LogP contribution in [0, 0.1) is 11.3 Å². The molecule has 3 nitrogen and oxygen atoms in total. The highest BCUT2D eigenvalue weighted by Gasteiger charge is 2.22. The quantitative estimate of drug-likeness (QED) is 0.930. The molecule has 0 heterocycles. The van der Waals surface area contributed by atoms with Gasteiger partial charge in [0.25, 0.3) is 0 Å². The molecule has 0 aliphatic heterocycles. The van der Waals surface area contributed by atoms with E-state index < -0.39 is 0 Å². The van der Waals surface area contributed by atoms with Crippen LogP contribution in [-0.2, 0) is 0 Å². The van der Waals surface area contributed by atoms with Crippen LogP contribution in [0.5, 0.6) is 0 Å². The molecule has 0 bridgehead atoms. The second-order valence-corrected chi connectivity index (χ2v) is 5.58. The second-order valence-electron chi connectivity index (χ2n) is 4.67. The average molecular weight is 309 g/mol. The van der Waals surface area contributed by atoms with Crippen molar-refractivity contribution < 1.29 is 5.11 Å². The normalized spacial score (nSPS) is 15.6. The summed E-state index contributed by atoms with van der Waals surface area (Å²) < 4.78 is 0.914. The topological polar surface area (TPSA) is 47.3 Å². The summed E-state index contributed by atoms with van der Waals surface area (Å²) in [6.07, 6.45) is 4.86. The van der Waals surface area contributed by atoms with Gasteiger partial charge in [-0.05, 0) is 31.0 Å². The Kier molecular flexibility index (Phi) is 4.62. The number of halogens is 1. The van der Waals surface area contributed by atoms with E-state index in [1.54, 1.807) is 0 Å². The molecule has 0 aromatic heterocycles. The molecule has 0 saturated heterocycles. The lowest BCUT2D eigenvalue weighted by molar-refractivity contribution is 0.297. The smallest absolute Gasteiger partial charge is 0.0992 e. The van der Waals surface area contributed by atoms with Gasteiger partial charge >= 0.3 is 0 Å². The van der Waals surface area contributed by atoms with Crippen molar-refractivity contribution in [2.75, 3.05) is 18.1 Å². The first-order valence-corrected chi connectivity index (χ1v) is 7.12. The lowest BCUT2D eigenvalue weighted by Gasteiger charge is -2.30. The van der Waals surface area contributed by atoms with Gasteiger partial charge in [-0.2, -0.15) is 5.26 Å². The fourth-order valence-electron chi connectivity index (χ4n) is 2.65. The summed E-state index contributed by atoms with van der Waals surface area (Å²) >= 11 is 3.44. The Balaban J connectivity index is 2.29. The van der Waals surface area contributed by atoms with Crippen LogP contribution in [0.4, 0.5) is 5.69 Å². The predicted octanol–water partition coefficient (Wildman–Crippen LogP) is 3.06. The Morgan fingerprint density at radius 2 is 2.06 bits per heavy atom. The van der Waals surface area contributed by atoms with Gasteiger partial charge < -0.3 is 10.0 Å². The minimum Gasteiger partial charge on any atom is -0.395 e. The number of hydrogen-bond donors (Lipinski definition) is 1. The van der Waals surface area contributed by atoms with Gasteiger partial charge in [-0.1, -0.05) is 28.8 Å². The standard InChI is InChI=1S/C14H17BrN2O/c15-12-7-11(10-16)8-14(9-12)17(5-6-18)13-3-1-2-4-13/h7-9,13,18H,1-6H2. The molecule has 18 heavy (non-hydrogen) atoms. The number of aliphatic hydroxyl groups is 1. The fourth-order valence-corrected chi connectivity index (χ4v) is 3.13. The zero-order valence-electron chi connectivity index (χ0n) is 10.3. The first kappa shape index (κ1) is 13.4. The van der Waals surface area contributed by atoms with Crippen molar-refractivity contribution in [3.8, 4) is 6.07 Å².